The minimum absolute atomic E-state index is 0.174. The Morgan fingerprint density at radius 1 is 0.969 bits per heavy atom. The second-order valence-electron chi connectivity index (χ2n) is 9.07. The number of fused-ring (bicyclic) bond motifs is 3. The number of ether oxygens (including phenoxy) is 1. The SMILES string of the molecule is COC(=O)[C@H]1CC2=C(c3ccccc3[C@@]2(C)c2ccccc2)c2cn(C)c3cccc1c23. The minimum atomic E-state index is -0.338. The van der Waals surface area contributed by atoms with Gasteiger partial charge in [-0.2, -0.15) is 0 Å². The molecule has 0 saturated heterocycles. The van der Waals surface area contributed by atoms with Crippen molar-refractivity contribution >= 4 is 22.4 Å². The first-order valence-electron chi connectivity index (χ1n) is 11.1. The summed E-state index contributed by atoms with van der Waals surface area (Å²) in [5, 5.41) is 1.17. The Labute approximate surface area is 188 Å². The van der Waals surface area contributed by atoms with Crippen LogP contribution in [0.15, 0.2) is 84.6 Å². The molecule has 0 spiro atoms. The lowest BCUT2D eigenvalue weighted by atomic mass is 9.70. The van der Waals surface area contributed by atoms with Gasteiger partial charge in [0.1, 0.15) is 0 Å². The van der Waals surface area contributed by atoms with Gasteiger partial charge >= 0.3 is 5.97 Å². The van der Waals surface area contributed by atoms with E-state index in [-0.39, 0.29) is 17.3 Å². The zero-order valence-corrected chi connectivity index (χ0v) is 18.6. The third-order valence-electron chi connectivity index (χ3n) is 7.58. The summed E-state index contributed by atoms with van der Waals surface area (Å²) in [6, 6.07) is 25.7. The Morgan fingerprint density at radius 3 is 2.50 bits per heavy atom. The molecule has 0 bridgehead atoms. The number of carbonyl (C=O) groups excluding carboxylic acids is 1. The van der Waals surface area contributed by atoms with Gasteiger partial charge in [-0.1, -0.05) is 66.7 Å². The molecule has 0 unspecified atom stereocenters. The first-order valence-corrected chi connectivity index (χ1v) is 11.1. The molecular weight excluding hydrogens is 394 g/mol. The van der Waals surface area contributed by atoms with Crippen LogP contribution in [0.5, 0.6) is 0 Å². The molecular formula is C29H25NO2. The van der Waals surface area contributed by atoms with Gasteiger partial charge < -0.3 is 9.30 Å². The number of benzene rings is 3. The van der Waals surface area contributed by atoms with Crippen LogP contribution in [0.25, 0.3) is 16.5 Å². The fourth-order valence-corrected chi connectivity index (χ4v) is 6.05. The normalized spacial score (nSPS) is 21.3. The van der Waals surface area contributed by atoms with Crippen molar-refractivity contribution in [2.45, 2.75) is 24.7 Å². The minimum Gasteiger partial charge on any atom is -0.469 e. The summed E-state index contributed by atoms with van der Waals surface area (Å²) < 4.78 is 7.51. The molecule has 158 valence electrons. The van der Waals surface area contributed by atoms with Crippen molar-refractivity contribution in [3.63, 3.8) is 0 Å². The quantitative estimate of drug-likeness (QED) is 0.375. The van der Waals surface area contributed by atoms with E-state index in [1.165, 1.54) is 45.9 Å². The highest BCUT2D eigenvalue weighted by Crippen LogP contribution is 2.57. The maximum atomic E-state index is 13.1. The number of allylic oxidation sites excluding steroid dienone is 1. The predicted molar refractivity (Wildman–Crippen MR) is 128 cm³/mol. The summed E-state index contributed by atoms with van der Waals surface area (Å²) in [6.07, 6.45) is 2.87. The van der Waals surface area contributed by atoms with Gasteiger partial charge in [-0.3, -0.25) is 4.79 Å². The number of nitrogens with zero attached hydrogens (tertiary/aromatic N) is 1. The Hall–Kier alpha value is -3.59. The molecule has 3 nitrogen and oxygen atoms in total. The summed E-state index contributed by atoms with van der Waals surface area (Å²) in [7, 11) is 3.58. The molecule has 32 heavy (non-hydrogen) atoms. The predicted octanol–water partition coefficient (Wildman–Crippen LogP) is 5.96. The van der Waals surface area contributed by atoms with Crippen LogP contribution >= 0.6 is 0 Å². The van der Waals surface area contributed by atoms with Crippen molar-refractivity contribution in [3.05, 3.63) is 112 Å². The number of rotatable bonds is 2. The van der Waals surface area contributed by atoms with E-state index in [0.717, 1.165) is 11.1 Å². The molecule has 0 radical (unpaired) electrons. The Kier molecular flexibility index (Phi) is 4.00. The summed E-state index contributed by atoms with van der Waals surface area (Å²) in [6.45, 7) is 2.31. The van der Waals surface area contributed by atoms with Gasteiger partial charge in [0.2, 0.25) is 0 Å². The van der Waals surface area contributed by atoms with Crippen LogP contribution in [0.3, 0.4) is 0 Å². The number of methoxy groups -OCH3 is 1. The van der Waals surface area contributed by atoms with Gasteiger partial charge in [-0.25, -0.2) is 0 Å². The lowest BCUT2D eigenvalue weighted by Crippen LogP contribution is -2.26. The molecule has 2 aliphatic rings. The maximum absolute atomic E-state index is 13.1. The zero-order chi connectivity index (χ0) is 22.0. The van der Waals surface area contributed by atoms with Gasteiger partial charge in [-0.15, -0.1) is 0 Å². The molecule has 3 aromatic carbocycles. The Morgan fingerprint density at radius 2 is 1.72 bits per heavy atom. The number of esters is 1. The lowest BCUT2D eigenvalue weighted by molar-refractivity contribution is -0.142. The van der Waals surface area contributed by atoms with Gasteiger partial charge in [-0.05, 0) is 52.8 Å². The summed E-state index contributed by atoms with van der Waals surface area (Å²) in [5.74, 6) is -0.512. The molecule has 2 aliphatic carbocycles. The van der Waals surface area contributed by atoms with E-state index < -0.39 is 0 Å². The van der Waals surface area contributed by atoms with E-state index in [9.17, 15) is 4.79 Å². The van der Waals surface area contributed by atoms with E-state index in [2.05, 4.69) is 97.5 Å². The fraction of sp³-hybridized carbons (Fsp3) is 0.207. The summed E-state index contributed by atoms with van der Waals surface area (Å²) in [4.78, 5) is 13.1. The van der Waals surface area contributed by atoms with E-state index in [0.29, 0.717) is 6.42 Å². The van der Waals surface area contributed by atoms with Gasteiger partial charge in [0, 0.05) is 35.1 Å². The summed E-state index contributed by atoms with van der Waals surface area (Å²) >= 11 is 0. The molecule has 1 aromatic heterocycles. The Balaban J connectivity index is 1.76. The summed E-state index contributed by atoms with van der Waals surface area (Å²) in [5.41, 5.74) is 9.49. The third kappa shape index (κ3) is 2.34. The van der Waals surface area contributed by atoms with Gasteiger partial charge in [0.05, 0.1) is 13.0 Å². The number of aryl methyl sites for hydroxylation is 1. The van der Waals surface area contributed by atoms with Crippen molar-refractivity contribution in [2.75, 3.05) is 7.11 Å². The van der Waals surface area contributed by atoms with Gasteiger partial charge in [0.25, 0.3) is 0 Å². The van der Waals surface area contributed by atoms with E-state index in [1.807, 2.05) is 0 Å². The van der Waals surface area contributed by atoms with E-state index in [1.54, 1.807) is 0 Å². The van der Waals surface area contributed by atoms with Crippen LogP contribution in [0.1, 0.15) is 47.1 Å². The lowest BCUT2D eigenvalue weighted by Gasteiger charge is -2.32. The van der Waals surface area contributed by atoms with E-state index in [4.69, 9.17) is 4.74 Å². The highest BCUT2D eigenvalue weighted by atomic mass is 16.5. The maximum Gasteiger partial charge on any atom is 0.313 e. The number of aromatic nitrogens is 1. The van der Waals surface area contributed by atoms with Gasteiger partial charge in [0.15, 0.2) is 0 Å². The van der Waals surface area contributed by atoms with Crippen LogP contribution in [0.4, 0.5) is 0 Å². The molecule has 4 aromatic rings. The molecule has 0 N–H and O–H groups in total. The van der Waals surface area contributed by atoms with Crippen molar-refractivity contribution in [2.24, 2.45) is 7.05 Å². The second-order valence-corrected chi connectivity index (χ2v) is 9.07. The van der Waals surface area contributed by atoms with Crippen molar-refractivity contribution in [1.82, 2.24) is 4.57 Å². The smallest absolute Gasteiger partial charge is 0.313 e. The molecule has 0 aliphatic heterocycles. The standard InChI is InChI=1S/C29H25NO2/c1-29(18-10-5-4-6-11-18)23-14-8-7-12-20(23)26-22-17-30(2)25-15-9-13-19(27(22)25)21(16-24(26)29)28(31)32-3/h4-15,17,21H,16H2,1-3H3/t21-,29+/m0/s1. The Bertz CT molecular complexity index is 1430. The molecule has 2 atom stereocenters. The van der Waals surface area contributed by atoms with Crippen LogP contribution in [-0.2, 0) is 22.0 Å². The topological polar surface area (TPSA) is 31.2 Å². The largest absolute Gasteiger partial charge is 0.469 e. The van der Waals surface area contributed by atoms with E-state index >= 15 is 0 Å². The monoisotopic (exact) mass is 419 g/mol. The third-order valence-corrected chi connectivity index (χ3v) is 7.58. The first kappa shape index (κ1) is 19.1. The van der Waals surface area contributed by atoms with Crippen LogP contribution in [0, 0.1) is 0 Å². The highest BCUT2D eigenvalue weighted by molar-refractivity contribution is 6.06. The average Bonchev–Trinajstić information content (AvgIpc) is 3.24. The highest BCUT2D eigenvalue weighted by Gasteiger charge is 2.46. The number of hydrogen-bond donors (Lipinski definition) is 0. The van der Waals surface area contributed by atoms with Crippen LogP contribution in [-0.4, -0.2) is 17.6 Å². The van der Waals surface area contributed by atoms with Crippen molar-refractivity contribution in [3.8, 4) is 0 Å². The molecule has 1 heterocycles. The number of carbonyl (C=O) groups is 1. The molecule has 0 amide bonds. The molecule has 3 heteroatoms. The van der Waals surface area contributed by atoms with Crippen molar-refractivity contribution < 1.29 is 9.53 Å². The first-order chi connectivity index (χ1) is 15.6. The fourth-order valence-electron chi connectivity index (χ4n) is 6.05. The molecule has 0 saturated carbocycles. The second kappa shape index (κ2) is 6.70. The van der Waals surface area contributed by atoms with Crippen molar-refractivity contribution in [1.29, 1.82) is 0 Å². The molecule has 6 rings (SSSR count). The van der Waals surface area contributed by atoms with Crippen LogP contribution < -0.4 is 0 Å². The average molecular weight is 420 g/mol. The van der Waals surface area contributed by atoms with Crippen LogP contribution in [0.2, 0.25) is 0 Å². The number of hydrogen-bond acceptors (Lipinski definition) is 2. The molecule has 0 fully saturated rings. The zero-order valence-electron chi connectivity index (χ0n) is 18.6.